The van der Waals surface area contributed by atoms with Crippen LogP contribution in [0.2, 0.25) is 0 Å². The first kappa shape index (κ1) is 12.5. The van der Waals surface area contributed by atoms with Gasteiger partial charge in [0.05, 0.1) is 12.3 Å². The van der Waals surface area contributed by atoms with Gasteiger partial charge >= 0.3 is 0 Å². The van der Waals surface area contributed by atoms with E-state index in [9.17, 15) is 8.42 Å². The largest absolute Gasteiger partial charge is 0.347 e. The Morgan fingerprint density at radius 3 is 3.06 bits per heavy atom. The maximum absolute atomic E-state index is 11.8. The standard InChI is InChI=1S/C10H18N4O2S/c15-17(16,8-9-2-1-3-11-6-9)14-7-10-12-4-5-13-10/h4-5,9,11,14H,1-3,6-8H2,(H,12,13). The highest BCUT2D eigenvalue weighted by Gasteiger charge is 2.20. The van der Waals surface area contributed by atoms with E-state index >= 15 is 0 Å². The lowest BCUT2D eigenvalue weighted by Crippen LogP contribution is -2.37. The second-order valence-corrected chi connectivity index (χ2v) is 6.20. The van der Waals surface area contributed by atoms with Crippen LogP contribution in [-0.4, -0.2) is 37.2 Å². The summed E-state index contributed by atoms with van der Waals surface area (Å²) >= 11 is 0. The Morgan fingerprint density at radius 2 is 2.41 bits per heavy atom. The van der Waals surface area contributed by atoms with Gasteiger partial charge in [-0.2, -0.15) is 0 Å². The third-order valence-electron chi connectivity index (χ3n) is 2.87. The number of rotatable bonds is 5. The number of hydrogen-bond donors (Lipinski definition) is 3. The van der Waals surface area contributed by atoms with Crippen molar-refractivity contribution in [2.24, 2.45) is 5.92 Å². The molecule has 6 nitrogen and oxygen atoms in total. The molecular weight excluding hydrogens is 240 g/mol. The Kier molecular flexibility index (Phi) is 4.14. The average Bonchev–Trinajstić information content (AvgIpc) is 2.80. The number of hydrogen-bond acceptors (Lipinski definition) is 4. The van der Waals surface area contributed by atoms with Crippen molar-refractivity contribution < 1.29 is 8.42 Å². The zero-order valence-electron chi connectivity index (χ0n) is 9.65. The lowest BCUT2D eigenvalue weighted by atomic mass is 10.0. The zero-order valence-corrected chi connectivity index (χ0v) is 10.5. The molecule has 0 aliphatic carbocycles. The van der Waals surface area contributed by atoms with Crippen molar-refractivity contribution in [1.29, 1.82) is 0 Å². The first-order valence-corrected chi connectivity index (χ1v) is 7.47. The van der Waals surface area contributed by atoms with E-state index in [0.29, 0.717) is 5.82 Å². The van der Waals surface area contributed by atoms with Crippen LogP contribution in [0.15, 0.2) is 12.4 Å². The molecular formula is C10H18N4O2S. The lowest BCUT2D eigenvalue weighted by molar-refractivity contribution is 0.402. The van der Waals surface area contributed by atoms with Gasteiger partial charge in [-0.1, -0.05) is 0 Å². The van der Waals surface area contributed by atoms with Crippen molar-refractivity contribution in [3.63, 3.8) is 0 Å². The molecule has 1 saturated heterocycles. The van der Waals surface area contributed by atoms with Crippen molar-refractivity contribution in [2.45, 2.75) is 19.4 Å². The minimum Gasteiger partial charge on any atom is -0.347 e. The maximum Gasteiger partial charge on any atom is 0.212 e. The molecule has 0 radical (unpaired) electrons. The number of aromatic amines is 1. The number of nitrogens with zero attached hydrogens (tertiary/aromatic N) is 1. The lowest BCUT2D eigenvalue weighted by Gasteiger charge is -2.22. The summed E-state index contributed by atoms with van der Waals surface area (Å²) in [6.07, 6.45) is 5.32. The van der Waals surface area contributed by atoms with Crippen molar-refractivity contribution >= 4 is 10.0 Å². The summed E-state index contributed by atoms with van der Waals surface area (Å²) < 4.78 is 26.2. The van der Waals surface area contributed by atoms with Gasteiger partial charge in [0.15, 0.2) is 0 Å². The fraction of sp³-hybridized carbons (Fsp3) is 0.700. The van der Waals surface area contributed by atoms with Crippen molar-refractivity contribution in [1.82, 2.24) is 20.0 Å². The molecule has 1 atom stereocenters. The second-order valence-electron chi connectivity index (χ2n) is 4.35. The third-order valence-corrected chi connectivity index (χ3v) is 4.36. The van der Waals surface area contributed by atoms with Gasteiger partial charge in [-0.15, -0.1) is 0 Å². The van der Waals surface area contributed by atoms with E-state index in [2.05, 4.69) is 20.0 Å². The Balaban J connectivity index is 1.81. The number of H-pyrrole nitrogens is 1. The maximum atomic E-state index is 11.8. The third kappa shape index (κ3) is 4.10. The van der Waals surface area contributed by atoms with Crippen LogP contribution >= 0.6 is 0 Å². The summed E-state index contributed by atoms with van der Waals surface area (Å²) in [7, 11) is -3.21. The first-order chi connectivity index (χ1) is 8.16. The molecule has 1 fully saturated rings. The van der Waals surface area contributed by atoms with Crippen LogP contribution in [0.5, 0.6) is 0 Å². The summed E-state index contributed by atoms with van der Waals surface area (Å²) in [6.45, 7) is 2.02. The molecule has 0 bridgehead atoms. The molecule has 3 N–H and O–H groups in total. The van der Waals surface area contributed by atoms with Crippen molar-refractivity contribution in [2.75, 3.05) is 18.8 Å². The van der Waals surface area contributed by atoms with Crippen LogP contribution in [0.4, 0.5) is 0 Å². The van der Waals surface area contributed by atoms with Gasteiger partial charge in [0.25, 0.3) is 0 Å². The minimum absolute atomic E-state index is 0.195. The summed E-state index contributed by atoms with van der Waals surface area (Å²) in [5.74, 6) is 1.05. The predicted octanol–water partition coefficient (Wildman–Crippen LogP) is -0.171. The normalized spacial score (nSPS) is 21.5. The Bertz CT molecular complexity index is 423. The molecule has 0 saturated carbocycles. The molecule has 1 unspecified atom stereocenters. The summed E-state index contributed by atoms with van der Waals surface area (Å²) in [4.78, 5) is 6.83. The van der Waals surface area contributed by atoms with Crippen LogP contribution in [0.25, 0.3) is 0 Å². The van der Waals surface area contributed by atoms with Crippen LogP contribution in [0.3, 0.4) is 0 Å². The molecule has 17 heavy (non-hydrogen) atoms. The van der Waals surface area contributed by atoms with Crippen LogP contribution in [0.1, 0.15) is 18.7 Å². The van der Waals surface area contributed by atoms with Gasteiger partial charge < -0.3 is 10.3 Å². The Hall–Kier alpha value is -0.920. The molecule has 7 heteroatoms. The smallest absolute Gasteiger partial charge is 0.212 e. The molecule has 1 aromatic rings. The van der Waals surface area contributed by atoms with E-state index in [-0.39, 0.29) is 18.2 Å². The molecule has 0 amide bonds. The molecule has 96 valence electrons. The average molecular weight is 258 g/mol. The monoisotopic (exact) mass is 258 g/mol. The van der Waals surface area contributed by atoms with Gasteiger partial charge in [-0.25, -0.2) is 18.1 Å². The van der Waals surface area contributed by atoms with Gasteiger partial charge in [0, 0.05) is 12.4 Å². The predicted molar refractivity (Wildman–Crippen MR) is 64.8 cm³/mol. The molecule has 0 spiro atoms. The highest BCUT2D eigenvalue weighted by molar-refractivity contribution is 7.89. The second kappa shape index (κ2) is 5.61. The highest BCUT2D eigenvalue weighted by Crippen LogP contribution is 2.11. The molecule has 1 aliphatic heterocycles. The number of piperidine rings is 1. The topological polar surface area (TPSA) is 86.9 Å². The van der Waals surface area contributed by atoms with E-state index in [1.54, 1.807) is 12.4 Å². The number of nitrogens with one attached hydrogen (secondary N) is 3. The van der Waals surface area contributed by atoms with E-state index < -0.39 is 10.0 Å². The minimum atomic E-state index is -3.21. The van der Waals surface area contributed by atoms with Gasteiger partial charge in [-0.3, -0.25) is 0 Å². The van der Waals surface area contributed by atoms with Crippen LogP contribution in [-0.2, 0) is 16.6 Å². The van der Waals surface area contributed by atoms with Crippen molar-refractivity contribution in [3.05, 3.63) is 18.2 Å². The van der Waals surface area contributed by atoms with E-state index in [4.69, 9.17) is 0 Å². The van der Waals surface area contributed by atoms with Gasteiger partial charge in [0.2, 0.25) is 10.0 Å². The first-order valence-electron chi connectivity index (χ1n) is 5.82. The summed E-state index contributed by atoms with van der Waals surface area (Å²) in [5, 5.41) is 3.22. The van der Waals surface area contributed by atoms with Crippen molar-refractivity contribution in [3.8, 4) is 0 Å². The molecule has 2 rings (SSSR count). The summed E-state index contributed by atoms with van der Waals surface area (Å²) in [5.41, 5.74) is 0. The van der Waals surface area contributed by atoms with Gasteiger partial charge in [0.1, 0.15) is 5.82 Å². The van der Waals surface area contributed by atoms with E-state index in [1.165, 1.54) is 0 Å². The molecule has 1 aliphatic rings. The number of imidazole rings is 1. The molecule has 2 heterocycles. The Labute approximate surface area is 101 Å². The SMILES string of the molecule is O=S(=O)(CC1CCCNC1)NCc1ncc[nH]1. The quantitative estimate of drug-likeness (QED) is 0.684. The number of sulfonamides is 1. The molecule has 0 aromatic carbocycles. The van der Waals surface area contributed by atoms with Gasteiger partial charge in [-0.05, 0) is 31.8 Å². The van der Waals surface area contributed by atoms with E-state index in [0.717, 1.165) is 25.9 Å². The number of aromatic nitrogens is 2. The molecule has 1 aromatic heterocycles. The highest BCUT2D eigenvalue weighted by atomic mass is 32.2. The fourth-order valence-corrected chi connectivity index (χ4v) is 3.39. The van der Waals surface area contributed by atoms with Crippen LogP contribution in [0, 0.1) is 5.92 Å². The summed E-state index contributed by atoms with van der Waals surface area (Å²) in [6, 6.07) is 0. The van der Waals surface area contributed by atoms with Crippen LogP contribution < -0.4 is 10.0 Å². The Morgan fingerprint density at radius 1 is 1.53 bits per heavy atom. The zero-order chi connectivity index (χ0) is 12.1. The fourth-order valence-electron chi connectivity index (χ4n) is 2.01. The van der Waals surface area contributed by atoms with E-state index in [1.807, 2.05) is 0 Å².